The van der Waals surface area contributed by atoms with Gasteiger partial charge in [-0.1, -0.05) is 48.5 Å². The highest BCUT2D eigenvalue weighted by molar-refractivity contribution is 5.81. The highest BCUT2D eigenvalue weighted by Gasteiger charge is 2.16. The van der Waals surface area contributed by atoms with E-state index in [4.69, 9.17) is 5.73 Å². The Bertz CT molecular complexity index is 779. The van der Waals surface area contributed by atoms with E-state index in [1.807, 2.05) is 36.4 Å². The molecule has 1 aromatic heterocycles. The molecule has 0 aliphatic rings. The van der Waals surface area contributed by atoms with Crippen molar-refractivity contribution in [3.05, 3.63) is 72.4 Å². The number of primary amides is 1. The topological polar surface area (TPSA) is 60.1 Å². The smallest absolute Gasteiger partial charge is 0.239 e. The molecule has 4 nitrogen and oxygen atoms in total. The third kappa shape index (κ3) is 3.60. The van der Waals surface area contributed by atoms with E-state index in [9.17, 15) is 4.79 Å². The Hall–Kier alpha value is -2.59. The fourth-order valence-electron chi connectivity index (χ4n) is 2.86. The quantitative estimate of drug-likeness (QED) is 0.659. The fourth-order valence-corrected chi connectivity index (χ4v) is 2.86. The molecule has 0 aliphatic carbocycles. The van der Waals surface area contributed by atoms with Crippen molar-refractivity contribution in [2.45, 2.75) is 19.0 Å². The van der Waals surface area contributed by atoms with Crippen LogP contribution in [0, 0.1) is 0 Å². The summed E-state index contributed by atoms with van der Waals surface area (Å²) >= 11 is 0. The summed E-state index contributed by atoms with van der Waals surface area (Å²) in [6.07, 6.45) is 3.03. The van der Waals surface area contributed by atoms with Crippen molar-refractivity contribution in [1.29, 1.82) is 0 Å². The lowest BCUT2D eigenvalue weighted by Crippen LogP contribution is -2.34. The number of benzene rings is 2. The summed E-state index contributed by atoms with van der Waals surface area (Å²) in [6, 6.07) is 19.6. The molecule has 1 heterocycles. The third-order valence-corrected chi connectivity index (χ3v) is 4.02. The number of amides is 1. The standard InChI is InChI=1S/C19H21N3O/c20-19(23)18(16-8-2-1-3-9-16)21-12-6-13-22-14-11-15-7-4-5-10-17(15)22/h1-5,7-11,14,18,21H,6,12-13H2,(H2,20,23)/t18-/m1/s1. The van der Waals surface area contributed by atoms with Crippen LogP contribution in [0.4, 0.5) is 0 Å². The first-order chi connectivity index (χ1) is 11.3. The fraction of sp³-hybridized carbons (Fsp3) is 0.211. The van der Waals surface area contributed by atoms with Gasteiger partial charge >= 0.3 is 0 Å². The first-order valence-electron chi connectivity index (χ1n) is 7.87. The van der Waals surface area contributed by atoms with Crippen LogP contribution in [-0.4, -0.2) is 17.0 Å². The molecule has 3 N–H and O–H groups in total. The molecule has 23 heavy (non-hydrogen) atoms. The number of nitrogens with zero attached hydrogens (tertiary/aromatic N) is 1. The summed E-state index contributed by atoms with van der Waals surface area (Å²) in [5, 5.41) is 4.51. The number of aromatic nitrogens is 1. The summed E-state index contributed by atoms with van der Waals surface area (Å²) in [6.45, 7) is 1.63. The van der Waals surface area contributed by atoms with Gasteiger partial charge in [0, 0.05) is 18.3 Å². The van der Waals surface area contributed by atoms with Crippen molar-refractivity contribution in [3.8, 4) is 0 Å². The van der Waals surface area contributed by atoms with E-state index in [1.165, 1.54) is 10.9 Å². The Kier molecular flexibility index (Phi) is 4.74. The Morgan fingerprint density at radius 1 is 1.04 bits per heavy atom. The Balaban J connectivity index is 1.57. The monoisotopic (exact) mass is 307 g/mol. The van der Waals surface area contributed by atoms with E-state index in [2.05, 4.69) is 40.3 Å². The molecule has 0 spiro atoms. The Morgan fingerprint density at radius 3 is 2.57 bits per heavy atom. The first kappa shape index (κ1) is 15.3. The molecule has 4 heteroatoms. The maximum Gasteiger partial charge on any atom is 0.239 e. The third-order valence-electron chi connectivity index (χ3n) is 4.02. The number of nitrogens with one attached hydrogen (secondary N) is 1. The van der Waals surface area contributed by atoms with Crippen LogP contribution in [0.3, 0.4) is 0 Å². The van der Waals surface area contributed by atoms with Gasteiger partial charge in [-0.25, -0.2) is 0 Å². The second kappa shape index (κ2) is 7.11. The Morgan fingerprint density at radius 2 is 1.78 bits per heavy atom. The van der Waals surface area contributed by atoms with Crippen molar-refractivity contribution in [1.82, 2.24) is 9.88 Å². The van der Waals surface area contributed by atoms with E-state index in [1.54, 1.807) is 0 Å². The lowest BCUT2D eigenvalue weighted by molar-refractivity contribution is -0.120. The van der Waals surface area contributed by atoms with Gasteiger partial charge in [-0.15, -0.1) is 0 Å². The highest BCUT2D eigenvalue weighted by atomic mass is 16.1. The molecule has 0 saturated carbocycles. The average molecular weight is 307 g/mol. The zero-order valence-corrected chi connectivity index (χ0v) is 13.0. The molecular formula is C19H21N3O. The zero-order chi connectivity index (χ0) is 16.1. The lowest BCUT2D eigenvalue weighted by atomic mass is 10.1. The van der Waals surface area contributed by atoms with Gasteiger partial charge < -0.3 is 15.6 Å². The number of aryl methyl sites for hydroxylation is 1. The van der Waals surface area contributed by atoms with Gasteiger partial charge in [0.1, 0.15) is 6.04 Å². The zero-order valence-electron chi connectivity index (χ0n) is 13.0. The van der Waals surface area contributed by atoms with Crippen molar-refractivity contribution < 1.29 is 4.79 Å². The van der Waals surface area contributed by atoms with Gasteiger partial charge in [-0.05, 0) is 36.0 Å². The maximum atomic E-state index is 11.7. The molecule has 0 saturated heterocycles. The van der Waals surface area contributed by atoms with Gasteiger partial charge in [-0.3, -0.25) is 4.79 Å². The summed E-state index contributed by atoms with van der Waals surface area (Å²) in [4.78, 5) is 11.7. The summed E-state index contributed by atoms with van der Waals surface area (Å²) in [5.74, 6) is -0.345. The normalized spacial score (nSPS) is 12.3. The number of carbonyl (C=O) groups is 1. The number of para-hydroxylation sites is 1. The van der Waals surface area contributed by atoms with E-state index in [0.29, 0.717) is 0 Å². The molecule has 1 atom stereocenters. The van der Waals surface area contributed by atoms with Crippen molar-refractivity contribution >= 4 is 16.8 Å². The molecule has 1 amide bonds. The maximum absolute atomic E-state index is 11.7. The van der Waals surface area contributed by atoms with E-state index in [0.717, 1.165) is 25.1 Å². The number of carbonyl (C=O) groups excluding carboxylic acids is 1. The number of hydrogen-bond acceptors (Lipinski definition) is 2. The molecule has 0 unspecified atom stereocenters. The number of hydrogen-bond donors (Lipinski definition) is 2. The number of nitrogens with two attached hydrogens (primary N) is 1. The van der Waals surface area contributed by atoms with Crippen LogP contribution >= 0.6 is 0 Å². The average Bonchev–Trinajstić information content (AvgIpc) is 2.98. The summed E-state index contributed by atoms with van der Waals surface area (Å²) < 4.78 is 2.23. The molecule has 118 valence electrons. The lowest BCUT2D eigenvalue weighted by Gasteiger charge is -2.16. The molecule has 3 aromatic rings. The second-order valence-electron chi connectivity index (χ2n) is 5.62. The minimum Gasteiger partial charge on any atom is -0.368 e. The molecule has 3 rings (SSSR count). The molecule has 0 radical (unpaired) electrons. The summed E-state index contributed by atoms with van der Waals surface area (Å²) in [7, 11) is 0. The van der Waals surface area contributed by atoms with Crippen molar-refractivity contribution in [2.24, 2.45) is 5.73 Å². The van der Waals surface area contributed by atoms with E-state index < -0.39 is 6.04 Å². The molecular weight excluding hydrogens is 286 g/mol. The van der Waals surface area contributed by atoms with Crippen LogP contribution in [0.25, 0.3) is 10.9 Å². The van der Waals surface area contributed by atoms with Crippen LogP contribution in [0.15, 0.2) is 66.9 Å². The number of fused-ring (bicyclic) bond motifs is 1. The SMILES string of the molecule is NC(=O)[C@H](NCCCn1ccc2ccccc21)c1ccccc1. The van der Waals surface area contributed by atoms with E-state index in [-0.39, 0.29) is 5.91 Å². The van der Waals surface area contributed by atoms with Crippen LogP contribution in [0.2, 0.25) is 0 Å². The molecule has 0 fully saturated rings. The molecule has 0 aliphatic heterocycles. The molecule has 0 bridgehead atoms. The number of rotatable bonds is 7. The van der Waals surface area contributed by atoms with Crippen LogP contribution in [-0.2, 0) is 11.3 Å². The van der Waals surface area contributed by atoms with Gasteiger partial charge in [0.25, 0.3) is 0 Å². The van der Waals surface area contributed by atoms with Gasteiger partial charge in [0.15, 0.2) is 0 Å². The Labute approximate surface area is 135 Å². The van der Waals surface area contributed by atoms with E-state index >= 15 is 0 Å². The summed E-state index contributed by atoms with van der Waals surface area (Å²) in [5.41, 5.74) is 7.66. The minimum atomic E-state index is -0.433. The predicted molar refractivity (Wildman–Crippen MR) is 92.9 cm³/mol. The highest BCUT2D eigenvalue weighted by Crippen LogP contribution is 2.16. The van der Waals surface area contributed by atoms with Crippen molar-refractivity contribution in [3.63, 3.8) is 0 Å². The van der Waals surface area contributed by atoms with Crippen LogP contribution in [0.1, 0.15) is 18.0 Å². The largest absolute Gasteiger partial charge is 0.368 e. The van der Waals surface area contributed by atoms with Crippen LogP contribution < -0.4 is 11.1 Å². The van der Waals surface area contributed by atoms with Gasteiger partial charge in [0.2, 0.25) is 5.91 Å². The van der Waals surface area contributed by atoms with Gasteiger partial charge in [0.05, 0.1) is 0 Å². The first-order valence-corrected chi connectivity index (χ1v) is 7.87. The van der Waals surface area contributed by atoms with Gasteiger partial charge in [-0.2, -0.15) is 0 Å². The predicted octanol–water partition coefficient (Wildman–Crippen LogP) is 2.85. The second-order valence-corrected chi connectivity index (χ2v) is 5.62. The van der Waals surface area contributed by atoms with Crippen molar-refractivity contribution in [2.75, 3.05) is 6.54 Å². The molecule has 2 aromatic carbocycles. The minimum absolute atomic E-state index is 0.345. The van der Waals surface area contributed by atoms with Crippen LogP contribution in [0.5, 0.6) is 0 Å².